The van der Waals surface area contributed by atoms with Crippen LogP contribution < -0.4 is 4.74 Å². The van der Waals surface area contributed by atoms with E-state index in [-0.39, 0.29) is 5.91 Å². The Hall–Kier alpha value is -1.42. The van der Waals surface area contributed by atoms with Gasteiger partial charge in [0.1, 0.15) is 5.75 Å². The molecule has 0 saturated carbocycles. The van der Waals surface area contributed by atoms with Crippen molar-refractivity contribution >= 4 is 17.7 Å². The third kappa shape index (κ3) is 4.93. The zero-order valence-electron chi connectivity index (χ0n) is 12.7. The van der Waals surface area contributed by atoms with Crippen molar-refractivity contribution < 1.29 is 9.53 Å². The van der Waals surface area contributed by atoms with Crippen molar-refractivity contribution in [3.05, 3.63) is 36.4 Å². The second-order valence-electron chi connectivity index (χ2n) is 4.75. The first-order chi connectivity index (χ1) is 9.47. The van der Waals surface area contributed by atoms with E-state index in [2.05, 4.69) is 6.58 Å². The summed E-state index contributed by atoms with van der Waals surface area (Å²) in [4.78, 5) is 15.2. The number of carbonyl (C=O) groups is 1. The van der Waals surface area contributed by atoms with Crippen molar-refractivity contribution in [1.29, 1.82) is 0 Å². The molecule has 1 aromatic rings. The fraction of sp³-hybridized carbons (Fsp3) is 0.438. The fourth-order valence-corrected chi connectivity index (χ4v) is 2.25. The number of ether oxygens (including phenoxy) is 1. The zero-order chi connectivity index (χ0) is 15.1. The number of rotatable bonds is 7. The summed E-state index contributed by atoms with van der Waals surface area (Å²) in [6.07, 6.45) is 1.54. The molecule has 1 amide bonds. The molecule has 0 aromatic heterocycles. The molecule has 0 radical (unpaired) electrons. The van der Waals surface area contributed by atoms with Crippen LogP contribution in [0.3, 0.4) is 0 Å². The van der Waals surface area contributed by atoms with Crippen LogP contribution in [0, 0.1) is 0 Å². The average molecular weight is 293 g/mol. The van der Waals surface area contributed by atoms with Crippen molar-refractivity contribution in [3.8, 4) is 5.75 Å². The van der Waals surface area contributed by atoms with Gasteiger partial charge in [-0.3, -0.25) is 4.79 Å². The van der Waals surface area contributed by atoms with Gasteiger partial charge >= 0.3 is 0 Å². The minimum Gasteiger partial charge on any atom is -0.481 e. The van der Waals surface area contributed by atoms with Crippen molar-refractivity contribution in [2.45, 2.75) is 31.8 Å². The van der Waals surface area contributed by atoms with Crippen LogP contribution in [0.2, 0.25) is 0 Å². The highest BCUT2D eigenvalue weighted by Gasteiger charge is 2.20. The van der Waals surface area contributed by atoms with Gasteiger partial charge in [-0.25, -0.2) is 0 Å². The van der Waals surface area contributed by atoms with E-state index in [1.54, 1.807) is 23.6 Å². The van der Waals surface area contributed by atoms with Gasteiger partial charge in [-0.05, 0) is 51.3 Å². The van der Waals surface area contributed by atoms with Crippen molar-refractivity contribution in [1.82, 2.24) is 4.90 Å². The van der Waals surface area contributed by atoms with Crippen LogP contribution in [-0.4, -0.2) is 36.3 Å². The van der Waals surface area contributed by atoms with Crippen LogP contribution in [0.4, 0.5) is 0 Å². The van der Waals surface area contributed by atoms with Crippen molar-refractivity contribution in [2.24, 2.45) is 0 Å². The Morgan fingerprint density at radius 2 is 2.00 bits per heavy atom. The molecule has 20 heavy (non-hydrogen) atoms. The summed E-state index contributed by atoms with van der Waals surface area (Å²) in [5.41, 5.74) is 0.969. The molecule has 110 valence electrons. The molecule has 1 rings (SSSR count). The van der Waals surface area contributed by atoms with E-state index in [1.165, 1.54) is 4.90 Å². The Labute approximate surface area is 126 Å². The summed E-state index contributed by atoms with van der Waals surface area (Å²) in [5.74, 6) is 0.708. The van der Waals surface area contributed by atoms with Crippen LogP contribution in [0.5, 0.6) is 5.75 Å². The fourth-order valence-electron chi connectivity index (χ4n) is 1.84. The van der Waals surface area contributed by atoms with Gasteiger partial charge in [0.15, 0.2) is 6.10 Å². The molecule has 0 aliphatic rings. The quantitative estimate of drug-likeness (QED) is 0.568. The molecule has 0 heterocycles. The molecule has 0 spiro atoms. The van der Waals surface area contributed by atoms with Gasteiger partial charge in [0.05, 0.1) is 0 Å². The van der Waals surface area contributed by atoms with Gasteiger partial charge in [-0.15, -0.1) is 11.8 Å². The van der Waals surface area contributed by atoms with Crippen LogP contribution in [-0.2, 0) is 4.79 Å². The van der Waals surface area contributed by atoms with Gasteiger partial charge in [-0.2, -0.15) is 0 Å². The highest BCUT2D eigenvalue weighted by molar-refractivity contribution is 7.98. The average Bonchev–Trinajstić information content (AvgIpc) is 2.44. The lowest BCUT2D eigenvalue weighted by molar-refractivity contribution is -0.137. The number of hydrogen-bond donors (Lipinski definition) is 0. The Bertz CT molecular complexity index is 456. The standard InChI is InChI=1S/C16H23NO2S/c1-6-17(11-12(2)3)16(18)13(4)19-14-7-9-15(20-5)10-8-14/h7-10,13H,2,6,11H2,1,3-5H3. The summed E-state index contributed by atoms with van der Waals surface area (Å²) in [5, 5.41) is 0. The molecular weight excluding hydrogens is 270 g/mol. The summed E-state index contributed by atoms with van der Waals surface area (Å²) in [7, 11) is 0. The zero-order valence-corrected chi connectivity index (χ0v) is 13.5. The third-order valence-electron chi connectivity index (χ3n) is 2.87. The van der Waals surface area contributed by atoms with E-state index in [9.17, 15) is 4.79 Å². The molecule has 1 unspecified atom stereocenters. The molecule has 0 N–H and O–H groups in total. The van der Waals surface area contributed by atoms with Crippen LogP contribution >= 0.6 is 11.8 Å². The first kappa shape index (κ1) is 16.6. The molecule has 1 atom stereocenters. The minimum atomic E-state index is -0.491. The molecule has 3 nitrogen and oxygen atoms in total. The molecule has 0 bridgehead atoms. The lowest BCUT2D eigenvalue weighted by atomic mass is 10.2. The number of likely N-dealkylation sites (N-methyl/N-ethyl adjacent to an activating group) is 1. The monoisotopic (exact) mass is 293 g/mol. The lowest BCUT2D eigenvalue weighted by Gasteiger charge is -2.25. The van der Waals surface area contributed by atoms with Crippen molar-refractivity contribution in [3.63, 3.8) is 0 Å². The maximum Gasteiger partial charge on any atom is 0.263 e. The van der Waals surface area contributed by atoms with Crippen LogP contribution in [0.1, 0.15) is 20.8 Å². The highest BCUT2D eigenvalue weighted by atomic mass is 32.2. The normalized spacial score (nSPS) is 11.8. The van der Waals surface area contributed by atoms with E-state index < -0.39 is 6.10 Å². The number of hydrogen-bond acceptors (Lipinski definition) is 3. The Balaban J connectivity index is 2.65. The maximum absolute atomic E-state index is 12.3. The summed E-state index contributed by atoms with van der Waals surface area (Å²) < 4.78 is 5.71. The molecule has 0 aliphatic heterocycles. The summed E-state index contributed by atoms with van der Waals surface area (Å²) in [6, 6.07) is 7.76. The summed E-state index contributed by atoms with van der Waals surface area (Å²) in [6.45, 7) is 10.7. The SMILES string of the molecule is C=C(C)CN(CC)C(=O)C(C)Oc1ccc(SC)cc1. The van der Waals surface area contributed by atoms with E-state index >= 15 is 0 Å². The largest absolute Gasteiger partial charge is 0.481 e. The van der Waals surface area contributed by atoms with Gasteiger partial charge in [0.2, 0.25) is 0 Å². The molecule has 1 aromatic carbocycles. The Morgan fingerprint density at radius 3 is 2.45 bits per heavy atom. The number of amides is 1. The number of thioether (sulfide) groups is 1. The van der Waals surface area contributed by atoms with E-state index in [1.807, 2.05) is 44.4 Å². The first-order valence-corrected chi connectivity index (χ1v) is 7.94. The van der Waals surface area contributed by atoms with Gasteiger partial charge < -0.3 is 9.64 Å². The predicted octanol–water partition coefficient (Wildman–Crippen LogP) is 3.60. The summed E-state index contributed by atoms with van der Waals surface area (Å²) >= 11 is 1.68. The minimum absolute atomic E-state index is 0.00977. The second-order valence-corrected chi connectivity index (χ2v) is 5.62. The predicted molar refractivity (Wildman–Crippen MR) is 85.4 cm³/mol. The van der Waals surface area contributed by atoms with Gasteiger partial charge in [0, 0.05) is 18.0 Å². The molecular formula is C16H23NO2S. The van der Waals surface area contributed by atoms with Gasteiger partial charge in [-0.1, -0.05) is 12.2 Å². The van der Waals surface area contributed by atoms with E-state index in [0.717, 1.165) is 11.3 Å². The third-order valence-corrected chi connectivity index (χ3v) is 3.62. The molecule has 0 saturated heterocycles. The maximum atomic E-state index is 12.3. The smallest absolute Gasteiger partial charge is 0.263 e. The van der Waals surface area contributed by atoms with E-state index in [0.29, 0.717) is 13.1 Å². The first-order valence-electron chi connectivity index (χ1n) is 6.71. The number of carbonyl (C=O) groups excluding carboxylic acids is 1. The van der Waals surface area contributed by atoms with Crippen molar-refractivity contribution in [2.75, 3.05) is 19.3 Å². The van der Waals surface area contributed by atoms with E-state index in [4.69, 9.17) is 4.74 Å². The Morgan fingerprint density at radius 1 is 1.40 bits per heavy atom. The lowest BCUT2D eigenvalue weighted by Crippen LogP contribution is -2.41. The second kappa shape index (κ2) is 8.00. The number of nitrogens with zero attached hydrogens (tertiary/aromatic N) is 1. The molecule has 4 heteroatoms. The van der Waals surface area contributed by atoms with Gasteiger partial charge in [0.25, 0.3) is 5.91 Å². The Kier molecular flexibility index (Phi) is 6.65. The molecule has 0 aliphatic carbocycles. The van der Waals surface area contributed by atoms with Crippen LogP contribution in [0.15, 0.2) is 41.3 Å². The number of benzene rings is 1. The topological polar surface area (TPSA) is 29.5 Å². The highest BCUT2D eigenvalue weighted by Crippen LogP contribution is 2.20. The molecule has 0 fully saturated rings. The van der Waals surface area contributed by atoms with Crippen LogP contribution in [0.25, 0.3) is 0 Å².